The number of rotatable bonds is 4. The van der Waals surface area contributed by atoms with Gasteiger partial charge in [0.15, 0.2) is 0 Å². The highest BCUT2D eigenvalue weighted by Gasteiger charge is 2.29. The van der Waals surface area contributed by atoms with Gasteiger partial charge in [-0.2, -0.15) is 0 Å². The number of alkyl halides is 2. The van der Waals surface area contributed by atoms with E-state index in [9.17, 15) is 8.78 Å². The molecule has 0 amide bonds. The predicted molar refractivity (Wildman–Crippen MR) is 37.7 cm³/mol. The molecule has 11 heavy (non-hydrogen) atoms. The monoisotopic (exact) mass is 165 g/mol. The van der Waals surface area contributed by atoms with E-state index in [0.717, 1.165) is 19.3 Å². The Morgan fingerprint density at radius 3 is 2.45 bits per heavy atom. The molecule has 1 aliphatic rings. The Balaban J connectivity index is 2.09. The lowest BCUT2D eigenvalue weighted by atomic mass is 9.93. The first-order valence-electron chi connectivity index (χ1n) is 3.86. The standard InChI is InChI=1S/C7H13F2NO/c8-7(9,5-11)4-10-6-2-1-3-6/h6,10-11H,1-5H2. The van der Waals surface area contributed by atoms with Crippen molar-refractivity contribution >= 4 is 0 Å². The molecule has 0 aromatic rings. The second-order valence-corrected chi connectivity index (χ2v) is 3.02. The highest BCUT2D eigenvalue weighted by atomic mass is 19.3. The van der Waals surface area contributed by atoms with Gasteiger partial charge in [0.25, 0.3) is 5.92 Å². The van der Waals surface area contributed by atoms with Gasteiger partial charge < -0.3 is 10.4 Å². The minimum absolute atomic E-state index is 0.257. The van der Waals surface area contributed by atoms with Gasteiger partial charge in [0.2, 0.25) is 0 Å². The van der Waals surface area contributed by atoms with Gasteiger partial charge in [-0.15, -0.1) is 0 Å². The Morgan fingerprint density at radius 2 is 2.09 bits per heavy atom. The lowest BCUT2D eigenvalue weighted by Crippen LogP contribution is -2.43. The molecule has 0 unspecified atom stereocenters. The number of hydrogen-bond acceptors (Lipinski definition) is 2. The Bertz CT molecular complexity index is 126. The molecule has 0 aromatic heterocycles. The van der Waals surface area contributed by atoms with E-state index in [1.165, 1.54) is 0 Å². The molecule has 0 bridgehead atoms. The summed E-state index contributed by atoms with van der Waals surface area (Å²) in [5.41, 5.74) is 0. The molecule has 0 atom stereocenters. The van der Waals surface area contributed by atoms with Gasteiger partial charge in [-0.3, -0.25) is 0 Å². The third-order valence-corrected chi connectivity index (χ3v) is 1.99. The lowest BCUT2D eigenvalue weighted by molar-refractivity contribution is -0.0508. The first-order chi connectivity index (χ1) is 5.14. The SMILES string of the molecule is OCC(F)(F)CNC1CCC1. The third-order valence-electron chi connectivity index (χ3n) is 1.99. The largest absolute Gasteiger partial charge is 0.390 e. The normalized spacial score (nSPS) is 19.9. The second-order valence-electron chi connectivity index (χ2n) is 3.02. The zero-order valence-corrected chi connectivity index (χ0v) is 6.32. The topological polar surface area (TPSA) is 32.3 Å². The third kappa shape index (κ3) is 2.71. The molecule has 66 valence electrons. The maximum atomic E-state index is 12.4. The van der Waals surface area contributed by atoms with E-state index >= 15 is 0 Å². The zero-order valence-electron chi connectivity index (χ0n) is 6.32. The summed E-state index contributed by atoms with van der Waals surface area (Å²) in [6.45, 7) is -1.46. The highest BCUT2D eigenvalue weighted by Crippen LogP contribution is 2.19. The average molecular weight is 165 g/mol. The second kappa shape index (κ2) is 3.45. The van der Waals surface area contributed by atoms with Gasteiger partial charge in [-0.1, -0.05) is 6.42 Å². The van der Waals surface area contributed by atoms with Crippen molar-refractivity contribution in [2.24, 2.45) is 0 Å². The molecule has 0 aliphatic heterocycles. The molecule has 0 heterocycles. The Morgan fingerprint density at radius 1 is 1.45 bits per heavy atom. The maximum Gasteiger partial charge on any atom is 0.282 e. The smallest absolute Gasteiger partial charge is 0.282 e. The molecule has 1 rings (SSSR count). The Hall–Kier alpha value is -0.220. The number of aliphatic hydroxyl groups excluding tert-OH is 1. The summed E-state index contributed by atoms with van der Waals surface area (Å²) in [6.07, 6.45) is 3.10. The van der Waals surface area contributed by atoms with Gasteiger partial charge >= 0.3 is 0 Å². The Labute approximate surface area is 64.6 Å². The summed E-state index contributed by atoms with van der Waals surface area (Å²) in [7, 11) is 0. The van der Waals surface area contributed by atoms with Crippen LogP contribution in [0.15, 0.2) is 0 Å². The molecule has 1 fully saturated rings. The van der Waals surface area contributed by atoms with Crippen molar-refractivity contribution in [1.82, 2.24) is 5.32 Å². The quantitative estimate of drug-likeness (QED) is 0.644. The van der Waals surface area contributed by atoms with E-state index in [0.29, 0.717) is 0 Å². The van der Waals surface area contributed by atoms with E-state index < -0.39 is 19.1 Å². The summed E-state index contributed by atoms with van der Waals surface area (Å²) in [5.74, 6) is -2.95. The van der Waals surface area contributed by atoms with E-state index in [1.54, 1.807) is 0 Å². The molecule has 2 nitrogen and oxygen atoms in total. The van der Waals surface area contributed by atoms with Crippen LogP contribution in [0.1, 0.15) is 19.3 Å². The summed E-state index contributed by atoms with van der Waals surface area (Å²) < 4.78 is 24.7. The van der Waals surface area contributed by atoms with Crippen molar-refractivity contribution < 1.29 is 13.9 Å². The predicted octanol–water partition coefficient (Wildman–Crippen LogP) is 0.756. The fraction of sp³-hybridized carbons (Fsp3) is 1.00. The molecule has 2 N–H and O–H groups in total. The number of nitrogens with one attached hydrogen (secondary N) is 1. The average Bonchev–Trinajstić information content (AvgIpc) is 1.84. The van der Waals surface area contributed by atoms with Crippen LogP contribution in [0.2, 0.25) is 0 Å². The van der Waals surface area contributed by atoms with Crippen molar-refractivity contribution in [3.05, 3.63) is 0 Å². The fourth-order valence-corrected chi connectivity index (χ4v) is 0.962. The van der Waals surface area contributed by atoms with Gasteiger partial charge in [0.05, 0.1) is 6.54 Å². The van der Waals surface area contributed by atoms with E-state index in [2.05, 4.69) is 5.32 Å². The molecular formula is C7H13F2NO. The van der Waals surface area contributed by atoms with Crippen LogP contribution in [0.25, 0.3) is 0 Å². The van der Waals surface area contributed by atoms with E-state index in [4.69, 9.17) is 5.11 Å². The lowest BCUT2D eigenvalue weighted by Gasteiger charge is -2.28. The van der Waals surface area contributed by atoms with Crippen molar-refractivity contribution in [3.8, 4) is 0 Å². The molecule has 0 spiro atoms. The first kappa shape index (κ1) is 8.87. The van der Waals surface area contributed by atoms with Crippen LogP contribution in [0.4, 0.5) is 8.78 Å². The molecule has 4 heteroatoms. The van der Waals surface area contributed by atoms with Gasteiger partial charge in [-0.05, 0) is 12.8 Å². The zero-order chi connectivity index (χ0) is 8.32. The molecule has 0 aromatic carbocycles. The highest BCUT2D eigenvalue weighted by molar-refractivity contribution is 4.79. The van der Waals surface area contributed by atoms with Crippen LogP contribution in [-0.2, 0) is 0 Å². The first-order valence-corrected chi connectivity index (χ1v) is 3.86. The molecular weight excluding hydrogens is 152 g/mol. The van der Waals surface area contributed by atoms with Crippen molar-refractivity contribution in [2.45, 2.75) is 31.2 Å². The van der Waals surface area contributed by atoms with E-state index in [1.807, 2.05) is 0 Å². The molecule has 1 saturated carbocycles. The Kier molecular flexibility index (Phi) is 2.78. The van der Waals surface area contributed by atoms with Crippen molar-refractivity contribution in [3.63, 3.8) is 0 Å². The van der Waals surface area contributed by atoms with Crippen molar-refractivity contribution in [2.75, 3.05) is 13.2 Å². The maximum absolute atomic E-state index is 12.4. The van der Waals surface area contributed by atoms with Gasteiger partial charge in [0, 0.05) is 6.04 Å². The fourth-order valence-electron chi connectivity index (χ4n) is 0.962. The summed E-state index contributed by atoms with van der Waals surface area (Å²) >= 11 is 0. The number of aliphatic hydroxyl groups is 1. The van der Waals surface area contributed by atoms with Crippen molar-refractivity contribution in [1.29, 1.82) is 0 Å². The molecule has 1 aliphatic carbocycles. The van der Waals surface area contributed by atoms with Gasteiger partial charge in [-0.25, -0.2) is 8.78 Å². The van der Waals surface area contributed by atoms with Crippen LogP contribution in [0.5, 0.6) is 0 Å². The van der Waals surface area contributed by atoms with Crippen LogP contribution in [0, 0.1) is 0 Å². The molecule has 0 saturated heterocycles. The summed E-state index contributed by atoms with van der Waals surface area (Å²) in [5, 5.41) is 10.9. The number of halogens is 2. The van der Waals surface area contributed by atoms with Crippen LogP contribution in [-0.4, -0.2) is 30.2 Å². The van der Waals surface area contributed by atoms with Crippen LogP contribution < -0.4 is 5.32 Å². The number of hydrogen-bond donors (Lipinski definition) is 2. The minimum atomic E-state index is -2.95. The summed E-state index contributed by atoms with van der Waals surface area (Å²) in [4.78, 5) is 0. The van der Waals surface area contributed by atoms with Gasteiger partial charge in [0.1, 0.15) is 6.61 Å². The minimum Gasteiger partial charge on any atom is -0.390 e. The van der Waals surface area contributed by atoms with E-state index in [-0.39, 0.29) is 6.04 Å². The summed E-state index contributed by atoms with van der Waals surface area (Å²) in [6, 6.07) is 0.257. The van der Waals surface area contributed by atoms with Crippen LogP contribution >= 0.6 is 0 Å². The van der Waals surface area contributed by atoms with Crippen LogP contribution in [0.3, 0.4) is 0 Å². The molecule has 0 radical (unpaired) electrons.